The molecule has 1 N–H and O–H groups in total. The van der Waals surface area contributed by atoms with Crippen molar-refractivity contribution in [3.63, 3.8) is 0 Å². The summed E-state index contributed by atoms with van der Waals surface area (Å²) < 4.78 is 5.83. The van der Waals surface area contributed by atoms with Crippen LogP contribution in [-0.4, -0.2) is 36.2 Å². The van der Waals surface area contributed by atoms with Gasteiger partial charge in [0.15, 0.2) is 5.13 Å². The predicted octanol–water partition coefficient (Wildman–Crippen LogP) is 5.33. The summed E-state index contributed by atoms with van der Waals surface area (Å²) in [5.41, 5.74) is 2.84. The Morgan fingerprint density at radius 1 is 1.24 bits per heavy atom. The van der Waals surface area contributed by atoms with Crippen molar-refractivity contribution in [2.24, 2.45) is 5.92 Å². The minimum absolute atomic E-state index is 0.115. The molecule has 6 heteroatoms. The number of carbonyl (C=O) groups excluding carboxylic acids is 1. The monoisotopic (exact) mass is 413 g/mol. The molecule has 2 aliphatic rings. The summed E-state index contributed by atoms with van der Waals surface area (Å²) in [5.74, 6) is 0.857. The molecule has 1 saturated carbocycles. The molecule has 2 unspecified atom stereocenters. The summed E-state index contributed by atoms with van der Waals surface area (Å²) in [6, 6.07) is 8.02. The highest BCUT2D eigenvalue weighted by atomic mass is 32.1. The van der Waals surface area contributed by atoms with Gasteiger partial charge < -0.3 is 15.0 Å². The Morgan fingerprint density at radius 3 is 2.76 bits per heavy atom. The second-order valence-corrected chi connectivity index (χ2v) is 9.33. The van der Waals surface area contributed by atoms with Crippen molar-refractivity contribution in [1.29, 1.82) is 0 Å². The molecule has 0 bridgehead atoms. The zero-order chi connectivity index (χ0) is 20.2. The van der Waals surface area contributed by atoms with E-state index in [4.69, 9.17) is 9.72 Å². The molecule has 1 aliphatic heterocycles. The van der Waals surface area contributed by atoms with Gasteiger partial charge in [-0.3, -0.25) is 4.79 Å². The minimum Gasteiger partial charge on any atom is -0.372 e. The Bertz CT molecular complexity index is 821. The molecule has 0 radical (unpaired) electrons. The van der Waals surface area contributed by atoms with Gasteiger partial charge in [-0.1, -0.05) is 37.8 Å². The minimum atomic E-state index is 0.115. The molecule has 1 aliphatic carbocycles. The molecule has 1 saturated heterocycles. The standard InChI is InChI=1S/C23H31N3O2S/c1-16-13-26(14-17(2)28-16)23-25-21(15-29-23)19-8-5-9-20(12-19)24-22(27)11-10-18-6-3-4-7-18/h5,8-9,12,15-18H,3-4,6-7,10-11,13-14H2,1-2H3,(H,24,27). The first kappa shape index (κ1) is 20.4. The first-order valence-corrected chi connectivity index (χ1v) is 11.7. The van der Waals surface area contributed by atoms with E-state index in [1.165, 1.54) is 25.7 Å². The van der Waals surface area contributed by atoms with E-state index in [2.05, 4.69) is 35.5 Å². The van der Waals surface area contributed by atoms with Crippen LogP contribution in [0.5, 0.6) is 0 Å². The number of aromatic nitrogens is 1. The van der Waals surface area contributed by atoms with Gasteiger partial charge in [-0.15, -0.1) is 11.3 Å². The molecule has 1 aromatic heterocycles. The maximum absolute atomic E-state index is 12.3. The van der Waals surface area contributed by atoms with E-state index in [1.54, 1.807) is 11.3 Å². The summed E-state index contributed by atoms with van der Waals surface area (Å²) in [7, 11) is 0. The van der Waals surface area contributed by atoms with Crippen LogP contribution in [0.4, 0.5) is 10.8 Å². The molecule has 2 heterocycles. The third-order valence-electron chi connectivity index (χ3n) is 5.88. The van der Waals surface area contributed by atoms with Crippen molar-refractivity contribution in [2.45, 2.75) is 64.6 Å². The number of nitrogens with zero attached hydrogens (tertiary/aromatic N) is 2. The summed E-state index contributed by atoms with van der Waals surface area (Å²) >= 11 is 1.67. The van der Waals surface area contributed by atoms with E-state index in [9.17, 15) is 4.79 Å². The fourth-order valence-electron chi connectivity index (χ4n) is 4.49. The van der Waals surface area contributed by atoms with Crippen molar-refractivity contribution in [1.82, 2.24) is 4.98 Å². The lowest BCUT2D eigenvalue weighted by Gasteiger charge is -2.35. The number of carbonyl (C=O) groups is 1. The normalized spacial score (nSPS) is 22.8. The van der Waals surface area contributed by atoms with Gasteiger partial charge in [0.1, 0.15) is 0 Å². The van der Waals surface area contributed by atoms with Crippen molar-refractivity contribution in [3.8, 4) is 11.3 Å². The third kappa shape index (κ3) is 5.37. The molecule has 0 spiro atoms. The fourth-order valence-corrected chi connectivity index (χ4v) is 5.35. The van der Waals surface area contributed by atoms with Gasteiger partial charge in [-0.05, 0) is 38.3 Å². The van der Waals surface area contributed by atoms with Gasteiger partial charge in [-0.2, -0.15) is 0 Å². The number of rotatable bonds is 6. The van der Waals surface area contributed by atoms with E-state index in [-0.39, 0.29) is 18.1 Å². The van der Waals surface area contributed by atoms with Crippen LogP contribution >= 0.6 is 11.3 Å². The molecular formula is C23H31N3O2S. The average Bonchev–Trinajstić information content (AvgIpc) is 3.38. The highest BCUT2D eigenvalue weighted by Crippen LogP contribution is 2.31. The second-order valence-electron chi connectivity index (χ2n) is 8.50. The number of morpholine rings is 1. The first-order chi connectivity index (χ1) is 14.1. The predicted molar refractivity (Wildman–Crippen MR) is 120 cm³/mol. The largest absolute Gasteiger partial charge is 0.372 e. The van der Waals surface area contributed by atoms with Crippen LogP contribution in [0.3, 0.4) is 0 Å². The second kappa shape index (κ2) is 9.26. The number of hydrogen-bond donors (Lipinski definition) is 1. The van der Waals surface area contributed by atoms with Gasteiger partial charge in [-0.25, -0.2) is 4.98 Å². The average molecular weight is 414 g/mol. The van der Waals surface area contributed by atoms with E-state index in [0.29, 0.717) is 6.42 Å². The summed E-state index contributed by atoms with van der Waals surface area (Å²) in [6.07, 6.45) is 7.28. The van der Waals surface area contributed by atoms with Crippen LogP contribution in [0, 0.1) is 5.92 Å². The molecule has 29 heavy (non-hydrogen) atoms. The van der Waals surface area contributed by atoms with E-state index in [1.807, 2.05) is 18.2 Å². The maximum Gasteiger partial charge on any atom is 0.224 e. The number of thiazole rings is 1. The Morgan fingerprint density at radius 2 is 2.00 bits per heavy atom. The first-order valence-electron chi connectivity index (χ1n) is 10.8. The molecule has 156 valence electrons. The van der Waals surface area contributed by atoms with Crippen molar-refractivity contribution in [2.75, 3.05) is 23.3 Å². The molecule has 5 nitrogen and oxygen atoms in total. The Balaban J connectivity index is 1.38. The topological polar surface area (TPSA) is 54.5 Å². The van der Waals surface area contributed by atoms with Crippen LogP contribution in [0.15, 0.2) is 29.6 Å². The molecule has 2 fully saturated rings. The highest BCUT2D eigenvalue weighted by molar-refractivity contribution is 7.14. The summed E-state index contributed by atoms with van der Waals surface area (Å²) in [6.45, 7) is 5.95. The molecule has 1 amide bonds. The molecular weight excluding hydrogens is 382 g/mol. The van der Waals surface area contributed by atoms with Gasteiger partial charge in [0.25, 0.3) is 0 Å². The van der Waals surface area contributed by atoms with Crippen molar-refractivity contribution < 1.29 is 9.53 Å². The van der Waals surface area contributed by atoms with Crippen molar-refractivity contribution >= 4 is 28.1 Å². The highest BCUT2D eigenvalue weighted by Gasteiger charge is 2.24. The Labute approximate surface area is 177 Å². The maximum atomic E-state index is 12.3. The van der Waals surface area contributed by atoms with Crippen LogP contribution in [0.2, 0.25) is 0 Å². The number of anilines is 2. The van der Waals surface area contributed by atoms with Gasteiger partial charge in [0.05, 0.1) is 17.9 Å². The lowest BCUT2D eigenvalue weighted by Crippen LogP contribution is -2.45. The van der Waals surface area contributed by atoms with Gasteiger partial charge >= 0.3 is 0 Å². The zero-order valence-corrected chi connectivity index (χ0v) is 18.2. The number of hydrogen-bond acceptors (Lipinski definition) is 5. The fraction of sp³-hybridized carbons (Fsp3) is 0.565. The SMILES string of the molecule is CC1CN(c2nc(-c3cccc(NC(=O)CCC4CCCC4)c3)cs2)CC(C)O1. The zero-order valence-electron chi connectivity index (χ0n) is 17.4. The van der Waals surface area contributed by atoms with Gasteiger partial charge in [0.2, 0.25) is 5.91 Å². The van der Waals surface area contributed by atoms with E-state index in [0.717, 1.165) is 47.5 Å². The van der Waals surface area contributed by atoms with E-state index < -0.39 is 0 Å². The van der Waals surface area contributed by atoms with Crippen molar-refractivity contribution in [3.05, 3.63) is 29.6 Å². The third-order valence-corrected chi connectivity index (χ3v) is 6.78. The van der Waals surface area contributed by atoms with Crippen LogP contribution < -0.4 is 10.2 Å². The molecule has 1 aromatic carbocycles. The quantitative estimate of drug-likeness (QED) is 0.695. The lowest BCUT2D eigenvalue weighted by molar-refractivity contribution is -0.116. The molecule has 2 atom stereocenters. The summed E-state index contributed by atoms with van der Waals surface area (Å²) in [4.78, 5) is 19.5. The van der Waals surface area contributed by atoms with Crippen LogP contribution in [-0.2, 0) is 9.53 Å². The Kier molecular flexibility index (Phi) is 6.50. The lowest BCUT2D eigenvalue weighted by atomic mass is 10.0. The van der Waals surface area contributed by atoms with Crippen LogP contribution in [0.1, 0.15) is 52.4 Å². The number of ether oxygens (including phenoxy) is 1. The smallest absolute Gasteiger partial charge is 0.224 e. The number of nitrogens with one attached hydrogen (secondary N) is 1. The van der Waals surface area contributed by atoms with Crippen LogP contribution in [0.25, 0.3) is 11.3 Å². The van der Waals surface area contributed by atoms with E-state index >= 15 is 0 Å². The number of amides is 1. The van der Waals surface area contributed by atoms with Gasteiger partial charge in [0, 0.05) is 36.1 Å². The molecule has 4 rings (SSSR count). The Hall–Kier alpha value is -1.92. The summed E-state index contributed by atoms with van der Waals surface area (Å²) in [5, 5.41) is 6.20. The number of benzene rings is 1. The molecule has 2 aromatic rings.